The van der Waals surface area contributed by atoms with Crippen LogP contribution in [-0.4, -0.2) is 46.1 Å². The molecule has 2 aromatic carbocycles. The predicted molar refractivity (Wildman–Crippen MR) is 98.8 cm³/mol. The summed E-state index contributed by atoms with van der Waals surface area (Å²) in [6.45, 7) is 0. The Bertz CT molecular complexity index is 1130. The van der Waals surface area contributed by atoms with Crippen LogP contribution in [-0.2, 0) is 25.0 Å². The van der Waals surface area contributed by atoms with Gasteiger partial charge in [0.2, 0.25) is 6.08 Å². The van der Waals surface area contributed by atoms with Gasteiger partial charge in [0.05, 0.1) is 11.4 Å². The van der Waals surface area contributed by atoms with E-state index >= 15 is 0 Å². The first-order chi connectivity index (χ1) is 12.9. The van der Waals surface area contributed by atoms with E-state index in [2.05, 4.69) is 15.2 Å². The molecular formula is C15H14N4O7S2. The summed E-state index contributed by atoms with van der Waals surface area (Å²) in [4.78, 5) is 13.3. The molecule has 0 aliphatic rings. The van der Waals surface area contributed by atoms with Crippen molar-refractivity contribution in [3.05, 3.63) is 36.4 Å². The lowest BCUT2D eigenvalue weighted by molar-refractivity contribution is 0.481. The van der Waals surface area contributed by atoms with E-state index in [1.54, 1.807) is 12.1 Å². The molecule has 11 nitrogen and oxygen atoms in total. The second-order valence-electron chi connectivity index (χ2n) is 5.55. The Balaban J connectivity index is 2.71. The number of isocyanates is 1. The molecule has 0 radical (unpaired) electrons. The van der Waals surface area contributed by atoms with E-state index in [9.17, 15) is 30.7 Å². The topological polar surface area (TPSA) is 166 Å². The van der Waals surface area contributed by atoms with Crippen LogP contribution in [0.1, 0.15) is 0 Å². The monoisotopic (exact) mass is 426 g/mol. The molecule has 0 aliphatic heterocycles. The molecule has 0 aromatic heterocycles. The van der Waals surface area contributed by atoms with Crippen LogP contribution in [0.25, 0.3) is 0 Å². The molecule has 0 aliphatic carbocycles. The van der Waals surface area contributed by atoms with Gasteiger partial charge >= 0.3 is 0 Å². The number of hydrogen-bond donors (Lipinski definition) is 2. The maximum Gasteiger partial charge on any atom is 0.296 e. The second kappa shape index (κ2) is 7.96. The van der Waals surface area contributed by atoms with Crippen LogP contribution in [0.3, 0.4) is 0 Å². The van der Waals surface area contributed by atoms with Crippen LogP contribution >= 0.6 is 0 Å². The van der Waals surface area contributed by atoms with Gasteiger partial charge in [-0.3, -0.25) is 9.11 Å². The fraction of sp³-hybridized carbons (Fsp3) is 0.133. The normalized spacial score (nSPS) is 12.0. The van der Waals surface area contributed by atoms with Crippen molar-refractivity contribution in [1.29, 1.82) is 0 Å². The van der Waals surface area contributed by atoms with E-state index in [0.717, 1.165) is 11.8 Å². The highest BCUT2D eigenvalue weighted by molar-refractivity contribution is 7.87. The molecular weight excluding hydrogens is 412 g/mol. The lowest BCUT2D eigenvalue weighted by Crippen LogP contribution is -2.07. The Morgan fingerprint density at radius 2 is 1.36 bits per heavy atom. The number of carbonyl (C=O) groups excluding carboxylic acids is 1. The van der Waals surface area contributed by atoms with Crippen LogP contribution in [0.2, 0.25) is 0 Å². The van der Waals surface area contributed by atoms with E-state index in [1.807, 2.05) is 19.0 Å². The Morgan fingerprint density at radius 3 is 1.75 bits per heavy atom. The largest absolute Gasteiger partial charge is 0.378 e. The standard InChI is InChI=1S/C15H14N4O7S2/c1-19(2)12-5-3-10(4-6-12)17-18-15-13(27(21,22)23)7-11(16-9-20)8-14(15)28(24,25)26/h3-8H,1-2H3,(H,21,22,23)(H,24,25,26). The van der Waals surface area contributed by atoms with Gasteiger partial charge in [0.1, 0.15) is 15.5 Å². The van der Waals surface area contributed by atoms with Crippen molar-refractivity contribution in [2.45, 2.75) is 9.79 Å². The Labute approximate surface area is 160 Å². The number of rotatable bonds is 6. The van der Waals surface area contributed by atoms with Gasteiger partial charge < -0.3 is 4.90 Å². The first-order valence-electron chi connectivity index (χ1n) is 7.33. The summed E-state index contributed by atoms with van der Waals surface area (Å²) in [6.07, 6.45) is 1.10. The van der Waals surface area contributed by atoms with Gasteiger partial charge in [-0.2, -0.15) is 26.9 Å². The fourth-order valence-corrected chi connectivity index (χ4v) is 3.50. The molecule has 13 heteroatoms. The van der Waals surface area contributed by atoms with Crippen LogP contribution in [0.4, 0.5) is 22.7 Å². The zero-order chi connectivity index (χ0) is 21.1. The summed E-state index contributed by atoms with van der Waals surface area (Å²) < 4.78 is 65.4. The van der Waals surface area contributed by atoms with Crippen molar-refractivity contribution >= 4 is 49.1 Å². The van der Waals surface area contributed by atoms with Crippen LogP contribution in [0.5, 0.6) is 0 Å². The summed E-state index contributed by atoms with van der Waals surface area (Å²) in [5.74, 6) is 0. The Morgan fingerprint density at radius 1 is 0.857 bits per heavy atom. The lowest BCUT2D eigenvalue weighted by Gasteiger charge is -2.11. The average molecular weight is 426 g/mol. The zero-order valence-corrected chi connectivity index (χ0v) is 16.1. The number of anilines is 1. The van der Waals surface area contributed by atoms with Crippen molar-refractivity contribution in [3.8, 4) is 0 Å². The molecule has 0 fully saturated rings. The molecule has 0 bridgehead atoms. The molecule has 2 N–H and O–H groups in total. The van der Waals surface area contributed by atoms with E-state index in [-0.39, 0.29) is 5.69 Å². The molecule has 0 heterocycles. The predicted octanol–water partition coefficient (Wildman–Crippen LogP) is 2.63. The minimum atomic E-state index is -5.01. The van der Waals surface area contributed by atoms with E-state index in [4.69, 9.17) is 0 Å². The van der Waals surface area contributed by atoms with Gasteiger partial charge in [-0.25, -0.2) is 4.79 Å². The molecule has 0 atom stereocenters. The van der Waals surface area contributed by atoms with Crippen molar-refractivity contribution in [2.75, 3.05) is 19.0 Å². The molecule has 0 unspecified atom stereocenters. The van der Waals surface area contributed by atoms with Crippen LogP contribution in [0.15, 0.2) is 61.4 Å². The average Bonchev–Trinajstić information content (AvgIpc) is 2.59. The minimum absolute atomic E-state index is 0.239. The third-order valence-electron chi connectivity index (χ3n) is 3.39. The fourth-order valence-electron chi connectivity index (χ4n) is 2.10. The summed E-state index contributed by atoms with van der Waals surface area (Å²) in [6, 6.07) is 7.82. The van der Waals surface area contributed by atoms with Gasteiger partial charge in [-0.1, -0.05) is 0 Å². The molecule has 2 aromatic rings. The SMILES string of the molecule is CN(C)c1ccc(N=Nc2c(S(=O)(=O)O)cc(N=C=O)cc2S(=O)(=O)O)cc1. The van der Waals surface area contributed by atoms with Crippen LogP contribution in [0, 0.1) is 0 Å². The Hall–Kier alpha value is -2.96. The summed E-state index contributed by atoms with van der Waals surface area (Å²) >= 11 is 0. The van der Waals surface area contributed by atoms with Gasteiger partial charge in [0.25, 0.3) is 20.2 Å². The number of benzene rings is 2. The van der Waals surface area contributed by atoms with Crippen molar-refractivity contribution in [3.63, 3.8) is 0 Å². The lowest BCUT2D eigenvalue weighted by atomic mass is 10.3. The first-order valence-corrected chi connectivity index (χ1v) is 10.2. The smallest absolute Gasteiger partial charge is 0.296 e. The summed E-state index contributed by atoms with van der Waals surface area (Å²) in [7, 11) is -6.38. The minimum Gasteiger partial charge on any atom is -0.378 e. The molecule has 148 valence electrons. The molecule has 0 spiro atoms. The van der Waals surface area contributed by atoms with Gasteiger partial charge in [-0.05, 0) is 36.4 Å². The quantitative estimate of drug-likeness (QED) is 0.308. The number of hydrogen-bond acceptors (Lipinski definition) is 9. The highest BCUT2D eigenvalue weighted by atomic mass is 32.2. The third-order valence-corrected chi connectivity index (χ3v) is 5.12. The molecule has 0 amide bonds. The van der Waals surface area contributed by atoms with Crippen molar-refractivity contribution in [1.82, 2.24) is 0 Å². The van der Waals surface area contributed by atoms with Gasteiger partial charge in [-0.15, -0.1) is 5.11 Å². The maximum atomic E-state index is 11.7. The molecule has 2 rings (SSSR count). The zero-order valence-electron chi connectivity index (χ0n) is 14.5. The first kappa shape index (κ1) is 21.3. The Kier molecular flexibility index (Phi) is 6.07. The van der Waals surface area contributed by atoms with E-state index in [0.29, 0.717) is 12.1 Å². The third kappa shape index (κ3) is 5.06. The van der Waals surface area contributed by atoms with E-state index in [1.165, 1.54) is 12.1 Å². The van der Waals surface area contributed by atoms with Gasteiger partial charge in [0, 0.05) is 19.8 Å². The number of aliphatic imine (C=N–C) groups is 1. The highest BCUT2D eigenvalue weighted by Crippen LogP contribution is 2.37. The number of nitrogens with zero attached hydrogens (tertiary/aromatic N) is 4. The highest BCUT2D eigenvalue weighted by Gasteiger charge is 2.26. The molecule has 0 saturated carbocycles. The number of azo groups is 1. The van der Waals surface area contributed by atoms with Crippen molar-refractivity contribution < 1.29 is 30.7 Å². The van der Waals surface area contributed by atoms with E-state index < -0.39 is 41.4 Å². The molecule has 28 heavy (non-hydrogen) atoms. The summed E-state index contributed by atoms with van der Waals surface area (Å²) in [5.41, 5.74) is -0.244. The summed E-state index contributed by atoms with van der Waals surface area (Å²) in [5, 5.41) is 7.33. The molecule has 0 saturated heterocycles. The second-order valence-corrected chi connectivity index (χ2v) is 8.33. The maximum absolute atomic E-state index is 11.7. The van der Waals surface area contributed by atoms with Gasteiger partial charge in [0.15, 0.2) is 0 Å². The van der Waals surface area contributed by atoms with Crippen LogP contribution < -0.4 is 4.90 Å². The van der Waals surface area contributed by atoms with Crippen molar-refractivity contribution in [2.24, 2.45) is 15.2 Å².